The van der Waals surface area contributed by atoms with E-state index in [4.69, 9.17) is 9.90 Å². The second-order valence-electron chi connectivity index (χ2n) is 5.78. The van der Waals surface area contributed by atoms with E-state index in [1.54, 1.807) is 0 Å². The molecule has 0 heterocycles. The fraction of sp³-hybridized carbons (Fsp3) is 0.684. The van der Waals surface area contributed by atoms with E-state index >= 15 is 0 Å². The number of carbonyl (C=O) groups is 2. The SMILES string of the molecule is CCCCC/C=C/C/C=C/CCCCCCCC(=O)O.NC(N)=O. The van der Waals surface area contributed by atoms with Crippen LogP contribution in [0.25, 0.3) is 0 Å². The Balaban J connectivity index is 0. The Kier molecular flexibility index (Phi) is 21.6. The molecule has 0 atom stereocenters. The summed E-state index contributed by atoms with van der Waals surface area (Å²) in [6.45, 7) is 2.23. The number of hydrogen-bond acceptors (Lipinski definition) is 2. The average molecular weight is 341 g/mol. The zero-order valence-electron chi connectivity index (χ0n) is 15.2. The second kappa shape index (κ2) is 21.2. The molecule has 0 radical (unpaired) electrons. The zero-order valence-corrected chi connectivity index (χ0v) is 15.2. The van der Waals surface area contributed by atoms with E-state index < -0.39 is 12.0 Å². The Morgan fingerprint density at radius 3 is 1.75 bits per heavy atom. The van der Waals surface area contributed by atoms with Gasteiger partial charge >= 0.3 is 12.0 Å². The molecule has 0 unspecified atom stereocenters. The molecule has 5 heteroatoms. The molecule has 0 aromatic heterocycles. The highest BCUT2D eigenvalue weighted by Gasteiger charge is 1.95. The maximum atomic E-state index is 10.3. The Morgan fingerprint density at radius 2 is 1.25 bits per heavy atom. The van der Waals surface area contributed by atoms with Gasteiger partial charge in [0.1, 0.15) is 0 Å². The quantitative estimate of drug-likeness (QED) is 0.309. The molecule has 0 rings (SSSR count). The van der Waals surface area contributed by atoms with Crippen molar-refractivity contribution in [1.29, 1.82) is 0 Å². The molecule has 5 nitrogen and oxygen atoms in total. The lowest BCUT2D eigenvalue weighted by atomic mass is 10.1. The Hall–Kier alpha value is -1.78. The van der Waals surface area contributed by atoms with Crippen molar-refractivity contribution in [3.63, 3.8) is 0 Å². The molecular formula is C19H36N2O3. The number of rotatable bonds is 14. The van der Waals surface area contributed by atoms with Gasteiger partial charge in [0.2, 0.25) is 0 Å². The molecule has 0 aliphatic carbocycles. The predicted octanol–water partition coefficient (Wildman–Crippen LogP) is 4.91. The third-order valence-corrected chi connectivity index (χ3v) is 3.34. The van der Waals surface area contributed by atoms with Gasteiger partial charge in [-0.15, -0.1) is 0 Å². The molecule has 0 aromatic rings. The summed E-state index contributed by atoms with van der Waals surface area (Å²) < 4.78 is 0. The molecule has 2 amide bonds. The molecule has 0 bridgehead atoms. The largest absolute Gasteiger partial charge is 0.481 e. The number of urea groups is 1. The number of unbranched alkanes of at least 4 members (excludes halogenated alkanes) is 8. The van der Waals surface area contributed by atoms with Crippen molar-refractivity contribution in [2.24, 2.45) is 11.5 Å². The van der Waals surface area contributed by atoms with E-state index in [-0.39, 0.29) is 0 Å². The number of nitrogens with two attached hydrogens (primary N) is 2. The van der Waals surface area contributed by atoms with Gasteiger partial charge in [0, 0.05) is 6.42 Å². The fourth-order valence-electron chi connectivity index (χ4n) is 2.09. The van der Waals surface area contributed by atoms with E-state index in [0.717, 1.165) is 25.7 Å². The minimum Gasteiger partial charge on any atom is -0.481 e. The molecule has 0 aliphatic heterocycles. The molecule has 5 N–H and O–H groups in total. The first-order valence-electron chi connectivity index (χ1n) is 9.07. The number of allylic oxidation sites excluding steroid dienone is 4. The van der Waals surface area contributed by atoms with Crippen LogP contribution in [0.4, 0.5) is 4.79 Å². The summed E-state index contributed by atoms with van der Waals surface area (Å²) in [5, 5.41) is 8.50. The summed E-state index contributed by atoms with van der Waals surface area (Å²) in [5.74, 6) is -0.671. The van der Waals surface area contributed by atoms with Gasteiger partial charge in [-0.25, -0.2) is 4.79 Å². The Bertz CT molecular complexity index is 349. The van der Waals surface area contributed by atoms with Crippen LogP contribution in [0.5, 0.6) is 0 Å². The van der Waals surface area contributed by atoms with Crippen LogP contribution in [-0.4, -0.2) is 17.1 Å². The first kappa shape index (κ1) is 24.5. The van der Waals surface area contributed by atoms with Crippen molar-refractivity contribution in [3.8, 4) is 0 Å². The monoisotopic (exact) mass is 340 g/mol. The predicted molar refractivity (Wildman–Crippen MR) is 101 cm³/mol. The Labute approximate surface area is 147 Å². The zero-order chi connectivity index (χ0) is 18.5. The van der Waals surface area contributed by atoms with Gasteiger partial charge in [0.05, 0.1) is 0 Å². The minimum atomic E-state index is -0.833. The molecular weight excluding hydrogens is 304 g/mol. The number of carboxylic acid groups (broad SMARTS) is 1. The van der Waals surface area contributed by atoms with Crippen LogP contribution in [0, 0.1) is 0 Å². The lowest BCUT2D eigenvalue weighted by Crippen LogP contribution is -2.18. The number of amides is 2. The van der Waals surface area contributed by atoms with Crippen molar-refractivity contribution >= 4 is 12.0 Å². The summed E-state index contributed by atoms with van der Waals surface area (Å²) >= 11 is 0. The molecule has 24 heavy (non-hydrogen) atoms. The van der Waals surface area contributed by atoms with Crippen LogP contribution in [0.3, 0.4) is 0 Å². The highest BCUT2D eigenvalue weighted by molar-refractivity contribution is 5.69. The molecule has 0 aliphatic rings. The summed E-state index contributed by atoms with van der Waals surface area (Å²) in [7, 11) is 0. The topological polar surface area (TPSA) is 106 Å². The molecule has 0 spiro atoms. The van der Waals surface area contributed by atoms with E-state index in [0.29, 0.717) is 6.42 Å². The number of primary amides is 2. The van der Waals surface area contributed by atoms with Crippen molar-refractivity contribution in [1.82, 2.24) is 0 Å². The third kappa shape index (κ3) is 32.2. The second-order valence-corrected chi connectivity index (χ2v) is 5.78. The molecule has 0 fully saturated rings. The first-order valence-corrected chi connectivity index (χ1v) is 9.07. The van der Waals surface area contributed by atoms with Gasteiger partial charge in [0.15, 0.2) is 0 Å². The van der Waals surface area contributed by atoms with Crippen LogP contribution in [0.1, 0.15) is 84.0 Å². The van der Waals surface area contributed by atoms with Crippen LogP contribution in [-0.2, 0) is 4.79 Å². The van der Waals surface area contributed by atoms with Gasteiger partial charge in [-0.1, -0.05) is 63.3 Å². The van der Waals surface area contributed by atoms with Crippen LogP contribution < -0.4 is 11.5 Å². The number of aliphatic carboxylic acids is 1. The number of carboxylic acids is 1. The van der Waals surface area contributed by atoms with E-state index in [1.165, 1.54) is 44.9 Å². The number of hydrogen-bond donors (Lipinski definition) is 3. The smallest absolute Gasteiger partial charge is 0.309 e. The molecule has 0 saturated carbocycles. The highest BCUT2D eigenvalue weighted by Crippen LogP contribution is 2.08. The summed E-state index contributed by atoms with van der Waals surface area (Å²) in [6, 6.07) is -0.833. The summed E-state index contributed by atoms with van der Waals surface area (Å²) in [4.78, 5) is 19.3. The van der Waals surface area contributed by atoms with Gasteiger partial charge in [-0.3, -0.25) is 4.79 Å². The third-order valence-electron chi connectivity index (χ3n) is 3.34. The van der Waals surface area contributed by atoms with Gasteiger partial charge in [-0.2, -0.15) is 0 Å². The maximum Gasteiger partial charge on any atom is 0.309 e. The molecule has 0 saturated heterocycles. The van der Waals surface area contributed by atoms with Gasteiger partial charge in [0.25, 0.3) is 0 Å². The van der Waals surface area contributed by atoms with Gasteiger partial charge < -0.3 is 16.6 Å². The number of carbonyl (C=O) groups excluding carboxylic acids is 1. The van der Waals surface area contributed by atoms with Crippen molar-refractivity contribution in [2.75, 3.05) is 0 Å². The normalized spacial score (nSPS) is 10.7. The van der Waals surface area contributed by atoms with E-state index in [1.807, 2.05) is 0 Å². The van der Waals surface area contributed by atoms with Gasteiger partial charge in [-0.05, 0) is 38.5 Å². The maximum absolute atomic E-state index is 10.3. The van der Waals surface area contributed by atoms with Crippen molar-refractivity contribution < 1.29 is 14.7 Å². The van der Waals surface area contributed by atoms with E-state index in [9.17, 15) is 4.79 Å². The fourth-order valence-corrected chi connectivity index (χ4v) is 2.09. The summed E-state index contributed by atoms with van der Waals surface area (Å²) in [5.41, 5.74) is 8.50. The molecule has 0 aromatic carbocycles. The highest BCUT2D eigenvalue weighted by atomic mass is 16.4. The van der Waals surface area contributed by atoms with Crippen LogP contribution in [0.2, 0.25) is 0 Å². The standard InChI is InChI=1S/C18H32O2.CH4N2O/c1-2-3-4-5-6-7-8-9-10-11-12-13-14-15-16-17-18(19)20;2-1(3)4/h6-7,9-10H,2-5,8,11-17H2,1H3,(H,19,20);(H4,2,3,4)/b7-6+,10-9+;. The van der Waals surface area contributed by atoms with Crippen LogP contribution in [0.15, 0.2) is 24.3 Å². The average Bonchev–Trinajstić information content (AvgIpc) is 2.50. The Morgan fingerprint density at radius 1 is 0.792 bits per heavy atom. The first-order chi connectivity index (χ1) is 11.5. The van der Waals surface area contributed by atoms with Crippen LogP contribution >= 0.6 is 0 Å². The lowest BCUT2D eigenvalue weighted by Gasteiger charge is -1.98. The molecule has 140 valence electrons. The van der Waals surface area contributed by atoms with E-state index in [2.05, 4.69) is 42.7 Å². The minimum absolute atomic E-state index is 0.324. The van der Waals surface area contributed by atoms with Crippen molar-refractivity contribution in [2.45, 2.75) is 84.0 Å². The lowest BCUT2D eigenvalue weighted by molar-refractivity contribution is -0.137. The summed E-state index contributed by atoms with van der Waals surface area (Å²) in [6.07, 6.45) is 22.3. The van der Waals surface area contributed by atoms with Crippen molar-refractivity contribution in [3.05, 3.63) is 24.3 Å².